The van der Waals surface area contributed by atoms with Crippen molar-refractivity contribution >= 4 is 17.7 Å². The van der Waals surface area contributed by atoms with E-state index in [0.29, 0.717) is 17.8 Å². The largest absolute Gasteiger partial charge is 0.457 e. The zero-order valence-corrected chi connectivity index (χ0v) is 11.3. The van der Waals surface area contributed by atoms with Crippen molar-refractivity contribution in [3.05, 3.63) is 41.0 Å². The summed E-state index contributed by atoms with van der Waals surface area (Å²) >= 11 is 0. The molecule has 0 saturated carbocycles. The summed E-state index contributed by atoms with van der Waals surface area (Å²) in [5.74, 6) is -0.297. The van der Waals surface area contributed by atoms with Crippen LogP contribution in [0.4, 0.5) is 10.5 Å². The lowest BCUT2D eigenvalue weighted by atomic mass is 10.1. The van der Waals surface area contributed by atoms with E-state index >= 15 is 0 Å². The number of nitrogens with one attached hydrogen (secondary N) is 1. The molecule has 3 rings (SSSR count). The molecule has 0 radical (unpaired) electrons. The minimum Gasteiger partial charge on any atom is -0.457 e. The molecule has 0 aliphatic carbocycles. The van der Waals surface area contributed by atoms with E-state index in [2.05, 4.69) is 18.3 Å². The van der Waals surface area contributed by atoms with Crippen molar-refractivity contribution < 1.29 is 14.3 Å². The van der Waals surface area contributed by atoms with Gasteiger partial charge in [-0.25, -0.2) is 9.59 Å². The van der Waals surface area contributed by atoms with Crippen molar-refractivity contribution in [2.24, 2.45) is 0 Å². The Hall–Kier alpha value is -2.30. The average molecular weight is 272 g/mol. The van der Waals surface area contributed by atoms with Gasteiger partial charge in [0.25, 0.3) is 0 Å². The molecule has 5 nitrogen and oxygen atoms in total. The van der Waals surface area contributed by atoms with Gasteiger partial charge < -0.3 is 15.0 Å². The summed E-state index contributed by atoms with van der Waals surface area (Å²) < 4.78 is 4.94. The fraction of sp³-hybridized carbons (Fsp3) is 0.333. The van der Waals surface area contributed by atoms with E-state index in [-0.39, 0.29) is 18.6 Å². The highest BCUT2D eigenvalue weighted by Crippen LogP contribution is 2.23. The van der Waals surface area contributed by atoms with Crippen LogP contribution in [0.2, 0.25) is 0 Å². The van der Waals surface area contributed by atoms with Gasteiger partial charge in [0.1, 0.15) is 6.61 Å². The van der Waals surface area contributed by atoms with E-state index in [4.69, 9.17) is 4.74 Å². The Morgan fingerprint density at radius 1 is 1.40 bits per heavy atom. The van der Waals surface area contributed by atoms with Gasteiger partial charge in [0.15, 0.2) is 0 Å². The highest BCUT2D eigenvalue weighted by atomic mass is 16.5. The second kappa shape index (κ2) is 5.00. The lowest BCUT2D eigenvalue weighted by Crippen LogP contribution is -2.37. The number of esters is 1. The molecule has 0 spiro atoms. The first-order chi connectivity index (χ1) is 9.63. The molecular formula is C15H16N2O3. The zero-order chi connectivity index (χ0) is 14.1. The number of nitrogens with zero attached hydrogens (tertiary/aromatic N) is 1. The fourth-order valence-corrected chi connectivity index (χ4v) is 2.37. The topological polar surface area (TPSA) is 58.6 Å². The maximum atomic E-state index is 12.1. The Labute approximate surface area is 117 Å². The molecule has 2 aliphatic rings. The number of anilines is 1. The smallest absolute Gasteiger partial charge is 0.338 e. The van der Waals surface area contributed by atoms with Gasteiger partial charge in [0, 0.05) is 24.3 Å². The molecule has 1 N–H and O–H groups in total. The molecule has 1 aromatic rings. The average Bonchev–Trinajstić information content (AvgIpc) is 2.81. The Morgan fingerprint density at radius 2 is 2.25 bits per heavy atom. The zero-order valence-electron chi connectivity index (χ0n) is 11.3. The summed E-state index contributed by atoms with van der Waals surface area (Å²) in [4.78, 5) is 25.2. The van der Waals surface area contributed by atoms with Gasteiger partial charge in [-0.2, -0.15) is 0 Å². The number of hydrogen-bond donors (Lipinski definition) is 1. The molecule has 1 aromatic carbocycles. The first-order valence-electron chi connectivity index (χ1n) is 6.65. The summed E-state index contributed by atoms with van der Waals surface area (Å²) in [6, 6.07) is 5.11. The van der Waals surface area contributed by atoms with Gasteiger partial charge in [-0.15, -0.1) is 0 Å². The lowest BCUT2D eigenvalue weighted by Gasteiger charge is -2.25. The van der Waals surface area contributed by atoms with Crippen molar-refractivity contribution in [2.45, 2.75) is 20.0 Å². The molecule has 2 heterocycles. The normalized spacial score (nSPS) is 17.4. The van der Waals surface area contributed by atoms with Crippen LogP contribution in [0.15, 0.2) is 29.8 Å². The number of carbonyl (C=O) groups is 2. The molecule has 0 aromatic heterocycles. The Kier molecular flexibility index (Phi) is 3.18. The number of cyclic esters (lactones) is 1. The number of ether oxygens (including phenoxy) is 1. The summed E-state index contributed by atoms with van der Waals surface area (Å²) in [5.41, 5.74) is 3.42. The molecule has 0 bridgehead atoms. The fourth-order valence-electron chi connectivity index (χ4n) is 2.37. The second-order valence-electron chi connectivity index (χ2n) is 5.12. The molecule has 0 saturated heterocycles. The number of urea groups is 1. The molecule has 20 heavy (non-hydrogen) atoms. The van der Waals surface area contributed by atoms with Gasteiger partial charge in [-0.05, 0) is 31.5 Å². The highest BCUT2D eigenvalue weighted by Gasteiger charge is 2.22. The van der Waals surface area contributed by atoms with Gasteiger partial charge in [0.05, 0.1) is 5.56 Å². The van der Waals surface area contributed by atoms with Crippen LogP contribution in [0.1, 0.15) is 29.3 Å². The van der Waals surface area contributed by atoms with Crippen LogP contribution in [0.5, 0.6) is 0 Å². The predicted octanol–water partition coefficient (Wildman–Crippen LogP) is 2.54. The Bertz CT molecular complexity index is 607. The minimum atomic E-state index is -0.297. The van der Waals surface area contributed by atoms with Crippen molar-refractivity contribution in [3.8, 4) is 0 Å². The molecule has 2 aliphatic heterocycles. The van der Waals surface area contributed by atoms with Crippen LogP contribution >= 0.6 is 0 Å². The van der Waals surface area contributed by atoms with E-state index in [1.165, 1.54) is 5.57 Å². The van der Waals surface area contributed by atoms with Crippen molar-refractivity contribution in [3.63, 3.8) is 0 Å². The number of hydrogen-bond acceptors (Lipinski definition) is 3. The van der Waals surface area contributed by atoms with Crippen LogP contribution in [-0.2, 0) is 11.3 Å². The third kappa shape index (κ3) is 2.39. The van der Waals surface area contributed by atoms with Gasteiger partial charge in [0.2, 0.25) is 0 Å². The SMILES string of the molecule is CC1=CCN(C(=O)Nc2ccc3c(c2)COC3=O)CC1. The first kappa shape index (κ1) is 12.7. The van der Waals surface area contributed by atoms with Crippen molar-refractivity contribution in [1.82, 2.24) is 4.90 Å². The maximum Gasteiger partial charge on any atom is 0.338 e. The molecule has 2 amide bonds. The van der Waals surface area contributed by atoms with Crippen molar-refractivity contribution in [1.29, 1.82) is 0 Å². The number of rotatable bonds is 1. The lowest BCUT2D eigenvalue weighted by molar-refractivity contribution is 0.0535. The maximum absolute atomic E-state index is 12.1. The number of amides is 2. The molecule has 5 heteroatoms. The van der Waals surface area contributed by atoms with Crippen molar-refractivity contribution in [2.75, 3.05) is 18.4 Å². The number of benzene rings is 1. The Morgan fingerprint density at radius 3 is 3.00 bits per heavy atom. The third-order valence-corrected chi connectivity index (χ3v) is 3.66. The van der Waals surface area contributed by atoms with E-state index in [0.717, 1.165) is 18.5 Å². The summed E-state index contributed by atoms with van der Waals surface area (Å²) in [6.07, 6.45) is 2.98. The van der Waals surface area contributed by atoms with Crippen LogP contribution < -0.4 is 5.32 Å². The van der Waals surface area contributed by atoms with Gasteiger partial charge >= 0.3 is 12.0 Å². The summed E-state index contributed by atoms with van der Waals surface area (Å²) in [5, 5.41) is 2.86. The predicted molar refractivity (Wildman–Crippen MR) is 74.5 cm³/mol. The van der Waals surface area contributed by atoms with Crippen LogP contribution in [-0.4, -0.2) is 30.0 Å². The number of carbonyl (C=O) groups excluding carboxylic acids is 2. The van der Waals surface area contributed by atoms with E-state index < -0.39 is 0 Å². The minimum absolute atomic E-state index is 0.112. The quantitative estimate of drug-likeness (QED) is 0.631. The van der Waals surface area contributed by atoms with E-state index in [1.54, 1.807) is 23.1 Å². The standard InChI is InChI=1S/C15H16N2O3/c1-10-4-6-17(7-5-10)15(19)16-12-2-3-13-11(8-12)9-20-14(13)18/h2-4,8H,5-7,9H2,1H3,(H,16,19). The van der Waals surface area contributed by atoms with E-state index in [9.17, 15) is 9.59 Å². The molecule has 104 valence electrons. The van der Waals surface area contributed by atoms with Gasteiger partial charge in [-0.3, -0.25) is 0 Å². The monoisotopic (exact) mass is 272 g/mol. The van der Waals surface area contributed by atoms with Crippen LogP contribution in [0.25, 0.3) is 0 Å². The Balaban J connectivity index is 1.69. The van der Waals surface area contributed by atoms with E-state index in [1.807, 2.05) is 0 Å². The molecule has 0 atom stereocenters. The third-order valence-electron chi connectivity index (χ3n) is 3.66. The van der Waals surface area contributed by atoms with Gasteiger partial charge in [-0.1, -0.05) is 11.6 Å². The van der Waals surface area contributed by atoms with Crippen LogP contribution in [0, 0.1) is 0 Å². The van der Waals surface area contributed by atoms with Crippen LogP contribution in [0.3, 0.4) is 0 Å². The highest BCUT2D eigenvalue weighted by molar-refractivity contribution is 5.95. The summed E-state index contributed by atoms with van der Waals surface area (Å²) in [7, 11) is 0. The number of fused-ring (bicyclic) bond motifs is 1. The first-order valence-corrected chi connectivity index (χ1v) is 6.65. The molecule has 0 fully saturated rings. The molecule has 0 unspecified atom stereocenters. The molecular weight excluding hydrogens is 256 g/mol. The second-order valence-corrected chi connectivity index (χ2v) is 5.12. The summed E-state index contributed by atoms with van der Waals surface area (Å²) in [6.45, 7) is 3.74.